The van der Waals surface area contributed by atoms with Gasteiger partial charge in [0.15, 0.2) is 0 Å². The molecule has 2 aliphatic carbocycles. The largest absolute Gasteiger partial charge is 0.396 e. The van der Waals surface area contributed by atoms with Gasteiger partial charge >= 0.3 is 0 Å². The van der Waals surface area contributed by atoms with Crippen molar-refractivity contribution in [3.05, 3.63) is 0 Å². The second-order valence-corrected chi connectivity index (χ2v) is 5.94. The number of nitrogens with two attached hydrogens (primary N) is 2. The molecule has 0 aromatic rings. The van der Waals surface area contributed by atoms with Gasteiger partial charge in [0.25, 0.3) is 0 Å². The first-order chi connectivity index (χ1) is 8.65. The normalized spacial score (nSPS) is 36.7. The van der Waals surface area contributed by atoms with E-state index < -0.39 is 0 Å². The molecule has 0 aliphatic heterocycles. The van der Waals surface area contributed by atoms with Gasteiger partial charge in [-0.05, 0) is 56.8 Å². The van der Waals surface area contributed by atoms with E-state index in [-0.39, 0.29) is 0 Å². The summed E-state index contributed by atoms with van der Waals surface area (Å²) in [7, 11) is 0. The highest BCUT2D eigenvalue weighted by Gasteiger charge is 2.19. The van der Waals surface area contributed by atoms with Crippen LogP contribution in [0.1, 0.15) is 51.4 Å². The smallest absolute Gasteiger partial charge is 0.0459 e. The zero-order chi connectivity index (χ0) is 13.4. The van der Waals surface area contributed by atoms with E-state index in [0.717, 1.165) is 32.1 Å². The molecule has 0 amide bonds. The highest BCUT2D eigenvalue weighted by Crippen LogP contribution is 2.27. The molecule has 0 spiro atoms. The average molecular weight is 258 g/mol. The molecule has 2 fully saturated rings. The Labute approximate surface area is 111 Å². The van der Waals surface area contributed by atoms with Crippen LogP contribution in [-0.2, 0) is 0 Å². The third kappa shape index (κ3) is 6.14. The van der Waals surface area contributed by atoms with E-state index in [0.29, 0.717) is 37.1 Å². The van der Waals surface area contributed by atoms with Crippen LogP contribution < -0.4 is 11.5 Å². The third-order valence-electron chi connectivity index (χ3n) is 4.24. The first kappa shape index (κ1) is 15.9. The van der Waals surface area contributed by atoms with Gasteiger partial charge in [0.05, 0.1) is 0 Å². The Balaban J connectivity index is 0.000000184. The van der Waals surface area contributed by atoms with Crippen molar-refractivity contribution in [2.24, 2.45) is 23.3 Å². The maximum absolute atomic E-state index is 8.79. The molecule has 108 valence electrons. The van der Waals surface area contributed by atoms with Gasteiger partial charge in [0.1, 0.15) is 0 Å². The molecule has 6 N–H and O–H groups in total. The van der Waals surface area contributed by atoms with Gasteiger partial charge in [-0.25, -0.2) is 0 Å². The molecule has 2 rings (SSSR count). The lowest BCUT2D eigenvalue weighted by atomic mass is 9.83. The minimum atomic E-state index is 0.331. The highest BCUT2D eigenvalue weighted by atomic mass is 16.3. The minimum absolute atomic E-state index is 0.331. The molecule has 18 heavy (non-hydrogen) atoms. The Kier molecular flexibility index (Phi) is 7.82. The SMILES string of the molecule is N[C@@H]1CCC[C@H](N)C1.OCC1CCC(CO)CC1. The molecule has 0 saturated heterocycles. The van der Waals surface area contributed by atoms with Crippen LogP contribution in [0.25, 0.3) is 0 Å². The fourth-order valence-corrected chi connectivity index (χ4v) is 2.86. The minimum Gasteiger partial charge on any atom is -0.396 e. The molecular weight excluding hydrogens is 228 g/mol. The zero-order valence-corrected chi connectivity index (χ0v) is 11.4. The van der Waals surface area contributed by atoms with E-state index >= 15 is 0 Å². The van der Waals surface area contributed by atoms with Crippen LogP contribution in [-0.4, -0.2) is 35.5 Å². The van der Waals surface area contributed by atoms with E-state index in [4.69, 9.17) is 21.7 Å². The maximum atomic E-state index is 8.79. The predicted molar refractivity (Wildman–Crippen MR) is 74.0 cm³/mol. The summed E-state index contributed by atoms with van der Waals surface area (Å²) in [6, 6.07) is 0.775. The van der Waals surface area contributed by atoms with Gasteiger partial charge in [0, 0.05) is 25.3 Å². The summed E-state index contributed by atoms with van der Waals surface area (Å²) in [5.41, 5.74) is 11.3. The van der Waals surface area contributed by atoms with E-state index in [1.807, 2.05) is 0 Å². The van der Waals surface area contributed by atoms with Crippen LogP contribution in [0.4, 0.5) is 0 Å². The molecule has 4 heteroatoms. The van der Waals surface area contributed by atoms with Crippen LogP contribution in [0.2, 0.25) is 0 Å². The van der Waals surface area contributed by atoms with E-state index in [2.05, 4.69) is 0 Å². The lowest BCUT2D eigenvalue weighted by Gasteiger charge is -2.25. The number of aliphatic hydroxyl groups is 2. The van der Waals surface area contributed by atoms with Crippen LogP contribution in [0, 0.1) is 11.8 Å². The van der Waals surface area contributed by atoms with Crippen LogP contribution in [0.5, 0.6) is 0 Å². The average Bonchev–Trinajstić information content (AvgIpc) is 2.39. The number of hydrogen-bond donors (Lipinski definition) is 4. The number of rotatable bonds is 2. The highest BCUT2D eigenvalue weighted by molar-refractivity contribution is 4.76. The summed E-state index contributed by atoms with van der Waals surface area (Å²) >= 11 is 0. The summed E-state index contributed by atoms with van der Waals surface area (Å²) in [6.07, 6.45) is 9.00. The Bertz CT molecular complexity index is 186. The zero-order valence-electron chi connectivity index (χ0n) is 11.4. The van der Waals surface area contributed by atoms with E-state index in [9.17, 15) is 0 Å². The fourth-order valence-electron chi connectivity index (χ4n) is 2.86. The number of aliphatic hydroxyl groups excluding tert-OH is 2. The van der Waals surface area contributed by atoms with Crippen LogP contribution in [0.15, 0.2) is 0 Å². The fraction of sp³-hybridized carbons (Fsp3) is 1.00. The van der Waals surface area contributed by atoms with Crippen molar-refractivity contribution < 1.29 is 10.2 Å². The molecule has 4 nitrogen and oxygen atoms in total. The van der Waals surface area contributed by atoms with E-state index in [1.54, 1.807) is 0 Å². The van der Waals surface area contributed by atoms with Crippen molar-refractivity contribution in [2.75, 3.05) is 13.2 Å². The monoisotopic (exact) mass is 258 g/mol. The summed E-state index contributed by atoms with van der Waals surface area (Å²) in [4.78, 5) is 0. The van der Waals surface area contributed by atoms with Gasteiger partial charge in [-0.1, -0.05) is 6.42 Å². The molecule has 2 atom stereocenters. The summed E-state index contributed by atoms with van der Waals surface area (Å²) in [5.74, 6) is 1.03. The molecule has 2 aliphatic rings. The van der Waals surface area contributed by atoms with Gasteiger partial charge < -0.3 is 21.7 Å². The first-order valence-electron chi connectivity index (χ1n) is 7.38. The molecule has 0 radical (unpaired) electrons. The number of hydrogen-bond acceptors (Lipinski definition) is 4. The maximum Gasteiger partial charge on any atom is 0.0459 e. The van der Waals surface area contributed by atoms with E-state index in [1.165, 1.54) is 19.3 Å². The second-order valence-electron chi connectivity index (χ2n) is 5.94. The topological polar surface area (TPSA) is 92.5 Å². The molecule has 0 unspecified atom stereocenters. The lowest BCUT2D eigenvalue weighted by molar-refractivity contribution is 0.131. The summed E-state index contributed by atoms with van der Waals surface area (Å²) < 4.78 is 0. The van der Waals surface area contributed by atoms with Crippen molar-refractivity contribution in [3.8, 4) is 0 Å². The second kappa shape index (κ2) is 8.86. The third-order valence-corrected chi connectivity index (χ3v) is 4.24. The molecule has 0 heterocycles. The molecule has 2 saturated carbocycles. The summed E-state index contributed by atoms with van der Waals surface area (Å²) in [6.45, 7) is 0.663. The predicted octanol–water partition coefficient (Wildman–Crippen LogP) is 0.992. The van der Waals surface area contributed by atoms with Crippen molar-refractivity contribution in [3.63, 3.8) is 0 Å². The summed E-state index contributed by atoms with van der Waals surface area (Å²) in [5, 5.41) is 17.6. The van der Waals surface area contributed by atoms with Crippen molar-refractivity contribution in [1.29, 1.82) is 0 Å². The van der Waals surface area contributed by atoms with Crippen LogP contribution >= 0.6 is 0 Å². The first-order valence-corrected chi connectivity index (χ1v) is 7.38. The quantitative estimate of drug-likeness (QED) is 0.594. The molecule has 0 bridgehead atoms. The van der Waals surface area contributed by atoms with Gasteiger partial charge in [0.2, 0.25) is 0 Å². The standard InChI is InChI=1S/C8H16O2.C6H14N2/c9-5-7-1-2-8(6-10)4-3-7;7-5-2-1-3-6(8)4-5/h7-10H,1-6H2;5-6H,1-4,7-8H2/t;5-,6+. The van der Waals surface area contributed by atoms with Crippen molar-refractivity contribution in [2.45, 2.75) is 63.5 Å². The van der Waals surface area contributed by atoms with Crippen LogP contribution in [0.3, 0.4) is 0 Å². The Morgan fingerprint density at radius 1 is 0.722 bits per heavy atom. The Hall–Kier alpha value is -0.160. The molecular formula is C14H30N2O2. The van der Waals surface area contributed by atoms with Crippen molar-refractivity contribution >= 4 is 0 Å². The van der Waals surface area contributed by atoms with Crippen molar-refractivity contribution in [1.82, 2.24) is 0 Å². The van der Waals surface area contributed by atoms with Gasteiger partial charge in [-0.15, -0.1) is 0 Å². The van der Waals surface area contributed by atoms with Gasteiger partial charge in [-0.3, -0.25) is 0 Å². The molecule has 0 aromatic heterocycles. The van der Waals surface area contributed by atoms with Gasteiger partial charge in [-0.2, -0.15) is 0 Å². The lowest BCUT2D eigenvalue weighted by Crippen LogP contribution is -2.35. The Morgan fingerprint density at radius 2 is 1.11 bits per heavy atom. The Morgan fingerprint density at radius 3 is 1.33 bits per heavy atom. The molecule has 0 aromatic carbocycles.